The first-order valence-electron chi connectivity index (χ1n) is 3.10. The monoisotopic (exact) mass is 127 g/mol. The molecule has 3 heteroatoms. The van der Waals surface area contributed by atoms with Crippen LogP contribution in [0.1, 0.15) is 0 Å². The molecule has 0 N–H and O–H groups in total. The van der Waals surface area contributed by atoms with E-state index < -0.39 is 0 Å². The molecule has 0 bridgehead atoms. The average molecular weight is 127 g/mol. The van der Waals surface area contributed by atoms with Gasteiger partial charge in [0.25, 0.3) is 0 Å². The van der Waals surface area contributed by atoms with Gasteiger partial charge in [-0.3, -0.25) is 0 Å². The summed E-state index contributed by atoms with van der Waals surface area (Å²) in [5, 5.41) is 0. The highest BCUT2D eigenvalue weighted by Gasteiger charge is 2.12. The van der Waals surface area contributed by atoms with Gasteiger partial charge in [-0.2, -0.15) is 0 Å². The molecule has 0 saturated carbocycles. The zero-order valence-electron chi connectivity index (χ0n) is 5.63. The van der Waals surface area contributed by atoms with Crippen LogP contribution in [-0.2, 0) is 4.74 Å². The fraction of sp³-hybridized carbons (Fsp3) is 0.833. The normalized spacial score (nSPS) is 18.6. The van der Waals surface area contributed by atoms with E-state index in [-0.39, 0.29) is 0 Å². The Bertz CT molecular complexity index is 130. The van der Waals surface area contributed by atoms with Crippen LogP contribution in [0.4, 0.5) is 0 Å². The van der Waals surface area contributed by atoms with E-state index in [1.165, 1.54) is 0 Å². The zero-order chi connectivity index (χ0) is 6.53. The van der Waals surface area contributed by atoms with E-state index in [1.54, 1.807) is 7.05 Å². The lowest BCUT2D eigenvalue weighted by Crippen LogP contribution is -2.32. The summed E-state index contributed by atoms with van der Waals surface area (Å²) in [5.74, 6) is 0. The van der Waals surface area contributed by atoms with E-state index in [2.05, 4.69) is 11.0 Å². The number of nitrogens with zero attached hydrogens (tertiary/aromatic N) is 2. The molecule has 0 aromatic carbocycles. The highest BCUT2D eigenvalue weighted by Crippen LogP contribution is 1.93. The van der Waals surface area contributed by atoms with E-state index in [9.17, 15) is 0 Å². The van der Waals surface area contributed by atoms with Crippen LogP contribution < -0.4 is 0 Å². The molecule has 1 heterocycles. The summed E-state index contributed by atoms with van der Waals surface area (Å²) in [7, 11) is 1.73. The van der Waals surface area contributed by atoms with Crippen molar-refractivity contribution < 1.29 is 4.74 Å². The summed E-state index contributed by atoms with van der Waals surface area (Å²) in [6.45, 7) is 3.47. The molecule has 0 radical (unpaired) electrons. The maximum absolute atomic E-state index is 5.12. The molecule has 50 valence electrons. The predicted octanol–water partition coefficient (Wildman–Crippen LogP) is 0.239. The van der Waals surface area contributed by atoms with E-state index in [1.807, 2.05) is 4.90 Å². The fourth-order valence-electron chi connectivity index (χ4n) is 0.805. The topological polar surface area (TPSA) is 16.8 Å². The zero-order valence-corrected chi connectivity index (χ0v) is 5.63. The maximum atomic E-state index is 5.12. The standard InChI is InChI=1S/C6H11N2O/c1-7-6-8-2-4-9-5-3-8/h2-5H2,1H3/q+1. The van der Waals surface area contributed by atoms with Crippen molar-refractivity contribution in [3.05, 3.63) is 4.85 Å². The van der Waals surface area contributed by atoms with Gasteiger partial charge in [-0.05, 0) is 0 Å². The van der Waals surface area contributed by atoms with Crippen LogP contribution in [-0.4, -0.2) is 38.3 Å². The Morgan fingerprint density at radius 1 is 1.44 bits per heavy atom. The largest absolute Gasteiger partial charge is 0.373 e. The van der Waals surface area contributed by atoms with Crippen molar-refractivity contribution in [2.24, 2.45) is 0 Å². The van der Waals surface area contributed by atoms with Crippen LogP contribution in [0, 0.1) is 6.19 Å². The third kappa shape index (κ3) is 1.90. The van der Waals surface area contributed by atoms with Gasteiger partial charge in [-0.1, -0.05) is 0 Å². The third-order valence-electron chi connectivity index (χ3n) is 1.25. The van der Waals surface area contributed by atoms with Gasteiger partial charge in [-0.25, -0.2) is 9.74 Å². The van der Waals surface area contributed by atoms with Crippen LogP contribution >= 0.6 is 0 Å². The van der Waals surface area contributed by atoms with Gasteiger partial charge in [0.15, 0.2) is 7.05 Å². The van der Waals surface area contributed by atoms with Crippen LogP contribution in [0.15, 0.2) is 0 Å². The quantitative estimate of drug-likeness (QED) is 0.433. The molecule has 0 unspecified atom stereocenters. The molecule has 9 heavy (non-hydrogen) atoms. The van der Waals surface area contributed by atoms with Crippen molar-refractivity contribution in [1.82, 2.24) is 4.90 Å². The van der Waals surface area contributed by atoms with Crippen molar-refractivity contribution in [2.45, 2.75) is 0 Å². The van der Waals surface area contributed by atoms with Gasteiger partial charge < -0.3 is 4.74 Å². The van der Waals surface area contributed by atoms with Gasteiger partial charge >= 0.3 is 6.19 Å². The summed E-state index contributed by atoms with van der Waals surface area (Å²) >= 11 is 0. The number of rotatable bonds is 0. The minimum absolute atomic E-state index is 0.808. The van der Waals surface area contributed by atoms with Crippen molar-refractivity contribution in [2.75, 3.05) is 33.4 Å². The number of morpholine rings is 1. The summed E-state index contributed by atoms with van der Waals surface area (Å²) in [6, 6.07) is 0. The van der Waals surface area contributed by atoms with Gasteiger partial charge in [-0.15, -0.1) is 0 Å². The first-order valence-corrected chi connectivity index (χ1v) is 3.10. The highest BCUT2D eigenvalue weighted by molar-refractivity contribution is 4.84. The number of ether oxygens (including phenoxy) is 1. The summed E-state index contributed by atoms with van der Waals surface area (Å²) in [5.41, 5.74) is 0. The minimum atomic E-state index is 0.808. The van der Waals surface area contributed by atoms with Crippen molar-refractivity contribution in [3.63, 3.8) is 0 Å². The molecule has 1 aliphatic rings. The second-order valence-corrected chi connectivity index (χ2v) is 1.92. The van der Waals surface area contributed by atoms with Crippen LogP contribution in [0.3, 0.4) is 0 Å². The average Bonchev–Trinajstić information content (AvgIpc) is 1.91. The SMILES string of the molecule is C[N+]#CN1CCOCC1. The van der Waals surface area contributed by atoms with Gasteiger partial charge in [0.05, 0.1) is 13.2 Å². The summed E-state index contributed by atoms with van der Waals surface area (Å²) < 4.78 is 5.12. The smallest absolute Gasteiger partial charge is 0.370 e. The molecule has 1 aliphatic heterocycles. The van der Waals surface area contributed by atoms with Gasteiger partial charge in [0.2, 0.25) is 0 Å². The lowest BCUT2D eigenvalue weighted by Gasteiger charge is -2.14. The Kier molecular flexibility index (Phi) is 2.34. The van der Waals surface area contributed by atoms with E-state index in [0.717, 1.165) is 26.3 Å². The number of hydrogen-bond acceptors (Lipinski definition) is 2. The molecule has 1 fully saturated rings. The Hall–Kier alpha value is -0.750. The highest BCUT2D eigenvalue weighted by atomic mass is 16.5. The minimum Gasteiger partial charge on any atom is -0.373 e. The molecule has 0 aliphatic carbocycles. The predicted molar refractivity (Wildman–Crippen MR) is 35.6 cm³/mol. The molecule has 0 aromatic rings. The first-order chi connectivity index (χ1) is 4.43. The molecule has 1 rings (SSSR count). The van der Waals surface area contributed by atoms with Crippen LogP contribution in [0.25, 0.3) is 4.85 Å². The van der Waals surface area contributed by atoms with E-state index in [4.69, 9.17) is 4.74 Å². The second-order valence-electron chi connectivity index (χ2n) is 1.92. The Morgan fingerprint density at radius 2 is 2.11 bits per heavy atom. The maximum Gasteiger partial charge on any atom is 0.370 e. The van der Waals surface area contributed by atoms with Crippen LogP contribution in [0.2, 0.25) is 0 Å². The molecule has 3 nitrogen and oxygen atoms in total. The lowest BCUT2D eigenvalue weighted by atomic mass is 10.5. The summed E-state index contributed by atoms with van der Waals surface area (Å²) in [6.07, 6.45) is 2.86. The molecular formula is C6H11N2O+. The van der Waals surface area contributed by atoms with E-state index in [0.29, 0.717) is 0 Å². The van der Waals surface area contributed by atoms with Crippen molar-refractivity contribution in [3.8, 4) is 6.19 Å². The van der Waals surface area contributed by atoms with Crippen molar-refractivity contribution >= 4 is 0 Å². The Morgan fingerprint density at radius 3 is 2.67 bits per heavy atom. The van der Waals surface area contributed by atoms with Crippen molar-refractivity contribution in [1.29, 1.82) is 0 Å². The molecule has 1 saturated heterocycles. The van der Waals surface area contributed by atoms with Gasteiger partial charge in [0.1, 0.15) is 13.1 Å². The van der Waals surface area contributed by atoms with E-state index >= 15 is 0 Å². The molecule has 0 amide bonds. The molecule has 0 spiro atoms. The summed E-state index contributed by atoms with van der Waals surface area (Å²) in [4.78, 5) is 5.81. The van der Waals surface area contributed by atoms with Gasteiger partial charge in [0, 0.05) is 0 Å². The molecule has 0 atom stereocenters. The third-order valence-corrected chi connectivity index (χ3v) is 1.25. The Balaban J connectivity index is 2.28. The van der Waals surface area contributed by atoms with Crippen LogP contribution in [0.5, 0.6) is 0 Å². The molecule has 0 aromatic heterocycles. The lowest BCUT2D eigenvalue weighted by molar-refractivity contribution is 0.0636. The Labute approximate surface area is 55.0 Å². The molecular weight excluding hydrogens is 116 g/mol. The first kappa shape index (κ1) is 6.37. The second kappa shape index (κ2) is 3.31. The fourth-order valence-corrected chi connectivity index (χ4v) is 0.805. The number of hydrogen-bond donors (Lipinski definition) is 0.